The lowest BCUT2D eigenvalue weighted by Gasteiger charge is -2.47. The highest BCUT2D eigenvalue weighted by Gasteiger charge is 2.61. The summed E-state index contributed by atoms with van der Waals surface area (Å²) in [4.78, 5) is 45.0. The van der Waals surface area contributed by atoms with Gasteiger partial charge in [-0.3, -0.25) is 9.32 Å². The third-order valence-electron chi connectivity index (χ3n) is 6.62. The molecule has 32 heavy (non-hydrogen) atoms. The fourth-order valence-electron chi connectivity index (χ4n) is 5.15. The second-order valence-corrected chi connectivity index (χ2v) is 12.7. The molecular formula is C19H30N3O7PS2. The van der Waals surface area contributed by atoms with E-state index >= 15 is 0 Å². The van der Waals surface area contributed by atoms with Gasteiger partial charge < -0.3 is 30.4 Å². The summed E-state index contributed by atoms with van der Waals surface area (Å²) in [6.07, 6.45) is 1.12. The smallest absolute Gasteiger partial charge is 0.469 e. The standard InChI is InChI=1S/C19H30N3O7PS2/c1-9-15-14(10(2)29-30(26,27)28)18(23)22(15)16(19(24)25)17(9)32-13-5-11(21-7-13)8-31-12-3-4-20-6-12/h9-15,20-21H,3-8H2,1-2H3,(H,24,25)(H2,26,27,28)/t9-,10-,11+,12+,13+,14-,15-/m1/s1. The summed E-state index contributed by atoms with van der Waals surface area (Å²) in [5.74, 6) is -1.61. The Labute approximate surface area is 195 Å². The lowest BCUT2D eigenvalue weighted by atomic mass is 9.79. The Balaban J connectivity index is 1.40. The van der Waals surface area contributed by atoms with E-state index in [-0.39, 0.29) is 16.9 Å². The van der Waals surface area contributed by atoms with Crippen molar-refractivity contribution in [1.82, 2.24) is 15.5 Å². The van der Waals surface area contributed by atoms with Crippen LogP contribution in [-0.4, -0.2) is 85.7 Å². The van der Waals surface area contributed by atoms with E-state index in [2.05, 4.69) is 10.6 Å². The van der Waals surface area contributed by atoms with Crippen molar-refractivity contribution in [3.63, 3.8) is 0 Å². The van der Waals surface area contributed by atoms with Gasteiger partial charge in [0, 0.05) is 46.2 Å². The maximum atomic E-state index is 12.7. The fourth-order valence-corrected chi connectivity index (χ4v) is 8.51. The van der Waals surface area contributed by atoms with Gasteiger partial charge in [-0.05, 0) is 26.3 Å². The van der Waals surface area contributed by atoms with Crippen molar-refractivity contribution in [1.29, 1.82) is 0 Å². The van der Waals surface area contributed by atoms with Crippen molar-refractivity contribution in [2.75, 3.05) is 25.4 Å². The van der Waals surface area contributed by atoms with Crippen LogP contribution in [0.25, 0.3) is 0 Å². The molecule has 0 radical (unpaired) electrons. The van der Waals surface area contributed by atoms with Crippen LogP contribution in [0.3, 0.4) is 0 Å². The first-order valence-electron chi connectivity index (χ1n) is 10.8. The number of phosphoric acid groups is 1. The topological polar surface area (TPSA) is 148 Å². The van der Waals surface area contributed by atoms with Crippen LogP contribution in [0.4, 0.5) is 0 Å². The van der Waals surface area contributed by atoms with E-state index in [1.54, 1.807) is 0 Å². The van der Waals surface area contributed by atoms with Gasteiger partial charge in [-0.25, -0.2) is 9.36 Å². The lowest BCUT2D eigenvalue weighted by molar-refractivity contribution is -0.162. The van der Waals surface area contributed by atoms with Crippen molar-refractivity contribution in [2.24, 2.45) is 11.8 Å². The van der Waals surface area contributed by atoms with Crippen molar-refractivity contribution in [3.05, 3.63) is 10.6 Å². The fraction of sp³-hybridized carbons (Fsp3) is 0.789. The number of carboxylic acid groups (broad SMARTS) is 1. The van der Waals surface area contributed by atoms with Crippen LogP contribution in [0.1, 0.15) is 26.7 Å². The minimum absolute atomic E-state index is 0.00647. The molecule has 7 atom stereocenters. The van der Waals surface area contributed by atoms with E-state index < -0.39 is 37.8 Å². The number of aliphatic carboxylic acids is 1. The second-order valence-electron chi connectivity index (χ2n) is 8.86. The number of hydrogen-bond acceptors (Lipinski definition) is 8. The summed E-state index contributed by atoms with van der Waals surface area (Å²) in [6.45, 7) is 6.23. The molecule has 5 N–H and O–H groups in total. The number of carbonyl (C=O) groups excluding carboxylic acids is 1. The summed E-state index contributed by atoms with van der Waals surface area (Å²) in [6, 6.07) is -0.0833. The van der Waals surface area contributed by atoms with Gasteiger partial charge in [0.1, 0.15) is 5.70 Å². The number of amides is 1. The lowest BCUT2D eigenvalue weighted by Crippen LogP contribution is -2.63. The molecule has 0 saturated carbocycles. The Bertz CT molecular complexity index is 847. The number of carbonyl (C=O) groups is 2. The van der Waals surface area contributed by atoms with Crippen LogP contribution in [0.2, 0.25) is 0 Å². The summed E-state index contributed by atoms with van der Waals surface area (Å²) < 4.78 is 16.0. The molecule has 1 amide bonds. The zero-order valence-electron chi connectivity index (χ0n) is 18.0. The molecule has 4 aliphatic rings. The van der Waals surface area contributed by atoms with E-state index in [4.69, 9.17) is 14.3 Å². The Hall–Kier alpha value is -0.590. The Morgan fingerprint density at radius 2 is 2.09 bits per heavy atom. The molecule has 13 heteroatoms. The van der Waals surface area contributed by atoms with Crippen molar-refractivity contribution < 1.29 is 33.6 Å². The number of fused-ring (bicyclic) bond motifs is 1. The first-order chi connectivity index (χ1) is 15.1. The number of hydrogen-bond donors (Lipinski definition) is 5. The number of carboxylic acids is 1. The maximum absolute atomic E-state index is 12.7. The number of nitrogens with zero attached hydrogens (tertiary/aromatic N) is 1. The average Bonchev–Trinajstić information content (AvgIpc) is 3.40. The molecule has 3 saturated heterocycles. The molecule has 0 aliphatic carbocycles. The van der Waals surface area contributed by atoms with E-state index in [9.17, 15) is 19.3 Å². The predicted molar refractivity (Wildman–Crippen MR) is 122 cm³/mol. The molecule has 4 aliphatic heterocycles. The summed E-state index contributed by atoms with van der Waals surface area (Å²) in [7, 11) is -4.75. The number of thioether (sulfide) groups is 2. The van der Waals surface area contributed by atoms with E-state index in [1.165, 1.54) is 30.0 Å². The maximum Gasteiger partial charge on any atom is 0.469 e. The first-order valence-corrected chi connectivity index (χ1v) is 14.3. The summed E-state index contributed by atoms with van der Waals surface area (Å²) in [5.41, 5.74) is 0.00647. The Morgan fingerprint density at radius 3 is 2.72 bits per heavy atom. The van der Waals surface area contributed by atoms with Crippen molar-refractivity contribution in [2.45, 2.75) is 55.4 Å². The number of β-lactam (4-membered cyclic amide) rings is 1. The number of nitrogens with one attached hydrogen (secondary N) is 2. The number of rotatable bonds is 9. The van der Waals surface area contributed by atoms with E-state index in [1.807, 2.05) is 18.7 Å². The number of phosphoric ester groups is 1. The molecular weight excluding hydrogens is 477 g/mol. The third-order valence-corrected chi connectivity index (χ3v) is 10.2. The van der Waals surface area contributed by atoms with Crippen molar-refractivity contribution in [3.8, 4) is 0 Å². The van der Waals surface area contributed by atoms with Crippen LogP contribution in [0.5, 0.6) is 0 Å². The Morgan fingerprint density at radius 1 is 1.34 bits per heavy atom. The van der Waals surface area contributed by atoms with Gasteiger partial charge in [-0.2, -0.15) is 11.8 Å². The van der Waals surface area contributed by atoms with Gasteiger partial charge in [0.2, 0.25) is 5.91 Å². The van der Waals surface area contributed by atoms with Crippen LogP contribution in [-0.2, 0) is 18.7 Å². The summed E-state index contributed by atoms with van der Waals surface area (Å²) >= 11 is 3.50. The zero-order valence-corrected chi connectivity index (χ0v) is 20.5. The molecule has 10 nitrogen and oxygen atoms in total. The predicted octanol–water partition coefficient (Wildman–Crippen LogP) is 0.816. The molecule has 4 rings (SSSR count). The molecule has 0 spiro atoms. The molecule has 3 fully saturated rings. The highest BCUT2D eigenvalue weighted by molar-refractivity contribution is 8.03. The molecule has 0 aromatic heterocycles. The van der Waals surface area contributed by atoms with Gasteiger partial charge in [-0.1, -0.05) is 6.92 Å². The van der Waals surface area contributed by atoms with Gasteiger partial charge in [-0.15, -0.1) is 11.8 Å². The minimum Gasteiger partial charge on any atom is -0.477 e. The van der Waals surface area contributed by atoms with Gasteiger partial charge in [0.15, 0.2) is 0 Å². The van der Waals surface area contributed by atoms with Gasteiger partial charge in [0.05, 0.1) is 18.1 Å². The van der Waals surface area contributed by atoms with Crippen LogP contribution >= 0.6 is 31.3 Å². The quantitative estimate of drug-likeness (QED) is 0.223. The highest BCUT2D eigenvalue weighted by atomic mass is 32.2. The Kier molecular flexibility index (Phi) is 7.34. The molecule has 4 heterocycles. The highest BCUT2D eigenvalue weighted by Crippen LogP contribution is 2.53. The van der Waals surface area contributed by atoms with Gasteiger partial charge in [0.25, 0.3) is 0 Å². The molecule has 0 unspecified atom stereocenters. The molecule has 0 aromatic carbocycles. The first kappa shape index (κ1) is 24.5. The second kappa shape index (κ2) is 9.58. The molecule has 0 aromatic rings. The normalized spacial score (nSPS) is 35.9. The van der Waals surface area contributed by atoms with Crippen LogP contribution < -0.4 is 10.6 Å². The zero-order chi connectivity index (χ0) is 23.2. The molecule has 180 valence electrons. The van der Waals surface area contributed by atoms with Crippen molar-refractivity contribution >= 4 is 43.2 Å². The van der Waals surface area contributed by atoms with E-state index in [0.717, 1.165) is 31.8 Å². The average molecular weight is 508 g/mol. The van der Waals surface area contributed by atoms with Crippen LogP contribution in [0, 0.1) is 11.8 Å². The van der Waals surface area contributed by atoms with E-state index in [0.29, 0.717) is 16.2 Å². The van der Waals surface area contributed by atoms with Gasteiger partial charge >= 0.3 is 13.8 Å². The minimum atomic E-state index is -4.75. The monoisotopic (exact) mass is 507 g/mol. The van der Waals surface area contributed by atoms with Crippen LogP contribution in [0.15, 0.2) is 10.6 Å². The SMILES string of the molecule is C[C@@H](OP(=O)(O)O)[C@H]1C(=O)N2C(C(=O)O)=C(S[C@@H]3CN[C@H](CS[C@H]4CCNC4)C3)[C@H](C)[C@H]12. The third kappa shape index (κ3) is 4.93. The largest absolute Gasteiger partial charge is 0.477 e. The summed E-state index contributed by atoms with van der Waals surface area (Å²) in [5, 5.41) is 17.6. The molecule has 0 bridgehead atoms.